The Balaban J connectivity index is 2.19. The van der Waals surface area contributed by atoms with Crippen molar-refractivity contribution in [2.45, 2.75) is 19.4 Å². The lowest BCUT2D eigenvalue weighted by Gasteiger charge is -2.14. The zero-order chi connectivity index (χ0) is 12.4. The largest absolute Gasteiger partial charge is 0.271 e. The lowest BCUT2D eigenvalue weighted by Crippen LogP contribution is -2.31. The van der Waals surface area contributed by atoms with Gasteiger partial charge in [-0.1, -0.05) is 5.21 Å². The van der Waals surface area contributed by atoms with E-state index in [2.05, 4.69) is 20.8 Å². The van der Waals surface area contributed by atoms with Crippen LogP contribution in [0.1, 0.15) is 23.1 Å². The molecule has 2 rings (SSSR count). The Morgan fingerprint density at radius 1 is 1.47 bits per heavy atom. The lowest BCUT2D eigenvalue weighted by atomic mass is 10.1. The lowest BCUT2D eigenvalue weighted by molar-refractivity contribution is 0.503. The van der Waals surface area contributed by atoms with E-state index in [9.17, 15) is 0 Å². The van der Waals surface area contributed by atoms with Crippen LogP contribution in [0.5, 0.6) is 0 Å². The first kappa shape index (κ1) is 11.7. The highest BCUT2D eigenvalue weighted by atomic mass is 15.4. The monoisotopic (exact) mass is 235 g/mol. The molecule has 0 aliphatic heterocycles. The van der Waals surface area contributed by atoms with Crippen LogP contribution in [-0.4, -0.2) is 24.8 Å². The summed E-state index contributed by atoms with van der Waals surface area (Å²) in [6, 6.07) is 2.00. The molecular weight excluding hydrogens is 218 g/mol. The normalized spacial score (nSPS) is 12.9. The standard InChI is InChI=1S/C10H17N7/c1-7-4-10(17(3)14-7)9(12-11)5-8-6-16(2)15-13-8/h4,6,9,12H,5,11H2,1-3H3. The molecule has 17 heavy (non-hydrogen) atoms. The summed E-state index contributed by atoms with van der Waals surface area (Å²) in [6.45, 7) is 1.96. The second-order valence-corrected chi connectivity index (χ2v) is 4.14. The third kappa shape index (κ3) is 2.51. The molecule has 92 valence electrons. The van der Waals surface area contributed by atoms with Crippen LogP contribution in [-0.2, 0) is 20.5 Å². The summed E-state index contributed by atoms with van der Waals surface area (Å²) in [7, 11) is 3.75. The molecule has 7 heteroatoms. The fourth-order valence-electron chi connectivity index (χ4n) is 1.90. The summed E-state index contributed by atoms with van der Waals surface area (Å²) < 4.78 is 3.51. The second-order valence-electron chi connectivity index (χ2n) is 4.14. The van der Waals surface area contributed by atoms with Crippen LogP contribution >= 0.6 is 0 Å². The van der Waals surface area contributed by atoms with Gasteiger partial charge < -0.3 is 0 Å². The van der Waals surface area contributed by atoms with Crippen LogP contribution in [0.3, 0.4) is 0 Å². The number of aryl methyl sites for hydroxylation is 3. The molecule has 0 bridgehead atoms. The van der Waals surface area contributed by atoms with Gasteiger partial charge in [0.05, 0.1) is 23.1 Å². The molecule has 0 fully saturated rings. The van der Waals surface area contributed by atoms with Crippen LogP contribution in [0, 0.1) is 6.92 Å². The zero-order valence-electron chi connectivity index (χ0n) is 10.3. The van der Waals surface area contributed by atoms with Crippen molar-refractivity contribution in [2.75, 3.05) is 0 Å². The zero-order valence-corrected chi connectivity index (χ0v) is 10.3. The van der Waals surface area contributed by atoms with Crippen LogP contribution in [0.2, 0.25) is 0 Å². The van der Waals surface area contributed by atoms with Gasteiger partial charge in [0.15, 0.2) is 0 Å². The molecule has 0 radical (unpaired) electrons. The maximum atomic E-state index is 5.59. The minimum absolute atomic E-state index is 0.0158. The first-order valence-corrected chi connectivity index (χ1v) is 5.42. The van der Waals surface area contributed by atoms with E-state index in [4.69, 9.17) is 5.84 Å². The van der Waals surface area contributed by atoms with Gasteiger partial charge in [-0.3, -0.25) is 20.6 Å². The Kier molecular flexibility index (Phi) is 3.21. The molecular formula is C10H17N7. The number of nitrogens with zero attached hydrogens (tertiary/aromatic N) is 5. The molecule has 0 aliphatic rings. The molecule has 0 aliphatic carbocycles. The summed E-state index contributed by atoms with van der Waals surface area (Å²) in [5, 5.41) is 12.3. The number of nitrogens with one attached hydrogen (secondary N) is 1. The van der Waals surface area contributed by atoms with E-state index < -0.39 is 0 Å². The number of rotatable bonds is 4. The molecule has 0 amide bonds. The molecule has 1 atom stereocenters. The quantitative estimate of drug-likeness (QED) is 0.556. The van der Waals surface area contributed by atoms with Crippen molar-refractivity contribution in [1.29, 1.82) is 0 Å². The molecule has 2 aromatic rings. The van der Waals surface area contributed by atoms with Crippen LogP contribution in [0.25, 0.3) is 0 Å². The van der Waals surface area contributed by atoms with Crippen LogP contribution < -0.4 is 11.3 Å². The van der Waals surface area contributed by atoms with Gasteiger partial charge in [0.2, 0.25) is 0 Å². The number of hydrogen-bond acceptors (Lipinski definition) is 5. The number of aromatic nitrogens is 5. The summed E-state index contributed by atoms with van der Waals surface area (Å²) >= 11 is 0. The van der Waals surface area contributed by atoms with E-state index in [1.807, 2.05) is 38.0 Å². The van der Waals surface area contributed by atoms with E-state index >= 15 is 0 Å². The van der Waals surface area contributed by atoms with E-state index in [1.165, 1.54) is 0 Å². The summed E-state index contributed by atoms with van der Waals surface area (Å²) in [5.41, 5.74) is 5.70. The first-order chi connectivity index (χ1) is 8.10. The van der Waals surface area contributed by atoms with Crippen molar-refractivity contribution < 1.29 is 0 Å². The Morgan fingerprint density at radius 3 is 2.71 bits per heavy atom. The molecule has 3 N–H and O–H groups in total. The Bertz CT molecular complexity index is 498. The Morgan fingerprint density at radius 2 is 2.24 bits per heavy atom. The van der Waals surface area contributed by atoms with Gasteiger partial charge >= 0.3 is 0 Å². The van der Waals surface area contributed by atoms with Crippen molar-refractivity contribution in [2.24, 2.45) is 19.9 Å². The minimum atomic E-state index is -0.0158. The summed E-state index contributed by atoms with van der Waals surface area (Å²) in [6.07, 6.45) is 2.57. The van der Waals surface area contributed by atoms with E-state index in [0.717, 1.165) is 17.1 Å². The fraction of sp³-hybridized carbons (Fsp3) is 0.500. The second kappa shape index (κ2) is 4.64. The van der Waals surface area contributed by atoms with Crippen molar-refractivity contribution in [3.8, 4) is 0 Å². The number of hydrogen-bond donors (Lipinski definition) is 2. The Labute approximate surface area is 99.6 Å². The Hall–Kier alpha value is -1.73. The van der Waals surface area contributed by atoms with Crippen molar-refractivity contribution >= 4 is 0 Å². The van der Waals surface area contributed by atoms with E-state index in [-0.39, 0.29) is 6.04 Å². The maximum Gasteiger partial charge on any atom is 0.0847 e. The van der Waals surface area contributed by atoms with E-state index in [0.29, 0.717) is 6.42 Å². The van der Waals surface area contributed by atoms with Gasteiger partial charge in [-0.15, -0.1) is 5.10 Å². The SMILES string of the molecule is Cc1cc(C(Cc2cn(C)nn2)NN)n(C)n1. The van der Waals surface area contributed by atoms with Crippen LogP contribution in [0.4, 0.5) is 0 Å². The molecule has 0 saturated carbocycles. The third-order valence-electron chi connectivity index (χ3n) is 2.66. The molecule has 0 aromatic carbocycles. The molecule has 1 unspecified atom stereocenters. The third-order valence-corrected chi connectivity index (χ3v) is 2.66. The highest BCUT2D eigenvalue weighted by Crippen LogP contribution is 2.16. The van der Waals surface area contributed by atoms with Crippen LogP contribution in [0.15, 0.2) is 12.3 Å². The fourth-order valence-corrected chi connectivity index (χ4v) is 1.90. The molecule has 7 nitrogen and oxygen atoms in total. The minimum Gasteiger partial charge on any atom is -0.271 e. The number of hydrazine groups is 1. The smallest absolute Gasteiger partial charge is 0.0847 e. The van der Waals surface area contributed by atoms with Gasteiger partial charge in [0, 0.05) is 26.7 Å². The highest BCUT2D eigenvalue weighted by Gasteiger charge is 2.16. The number of nitrogens with two attached hydrogens (primary N) is 1. The van der Waals surface area contributed by atoms with Gasteiger partial charge in [-0.25, -0.2) is 0 Å². The van der Waals surface area contributed by atoms with Gasteiger partial charge in [-0.05, 0) is 13.0 Å². The van der Waals surface area contributed by atoms with Gasteiger partial charge in [0.25, 0.3) is 0 Å². The van der Waals surface area contributed by atoms with Crippen molar-refractivity contribution in [3.63, 3.8) is 0 Å². The molecule has 0 spiro atoms. The molecule has 2 heterocycles. The molecule has 0 saturated heterocycles. The molecule has 2 aromatic heterocycles. The average molecular weight is 235 g/mol. The first-order valence-electron chi connectivity index (χ1n) is 5.42. The predicted octanol–water partition coefficient (Wildman–Crippen LogP) is -0.396. The van der Waals surface area contributed by atoms with Gasteiger partial charge in [0.1, 0.15) is 0 Å². The summed E-state index contributed by atoms with van der Waals surface area (Å²) in [4.78, 5) is 0. The van der Waals surface area contributed by atoms with Crippen molar-refractivity contribution in [1.82, 2.24) is 30.2 Å². The van der Waals surface area contributed by atoms with Crippen molar-refractivity contribution in [3.05, 3.63) is 29.3 Å². The van der Waals surface area contributed by atoms with E-state index in [1.54, 1.807) is 4.68 Å². The predicted molar refractivity (Wildman–Crippen MR) is 62.7 cm³/mol. The van der Waals surface area contributed by atoms with Gasteiger partial charge in [-0.2, -0.15) is 5.10 Å². The maximum absolute atomic E-state index is 5.59. The topological polar surface area (TPSA) is 86.6 Å². The average Bonchev–Trinajstić information content (AvgIpc) is 2.82. The summed E-state index contributed by atoms with van der Waals surface area (Å²) in [5.74, 6) is 5.59. The highest BCUT2D eigenvalue weighted by molar-refractivity contribution is 5.15.